The Morgan fingerprint density at radius 3 is 2.00 bits per heavy atom. The highest BCUT2D eigenvalue weighted by Gasteiger charge is 2.09. The Labute approximate surface area is 157 Å². The molecule has 0 spiro atoms. The topological polar surface area (TPSA) is 108 Å². The van der Waals surface area contributed by atoms with E-state index in [0.717, 1.165) is 11.6 Å². The molecule has 148 valence electrons. The summed E-state index contributed by atoms with van der Waals surface area (Å²) >= 11 is 0. The van der Waals surface area contributed by atoms with E-state index in [-0.39, 0.29) is 51.6 Å². The molecule has 8 nitrogen and oxygen atoms in total. The molecule has 0 saturated carbocycles. The quantitative estimate of drug-likeness (QED) is 0.238. The van der Waals surface area contributed by atoms with Gasteiger partial charge in [-0.1, -0.05) is 18.7 Å². The first kappa shape index (κ1) is 22.2. The predicted octanol–water partition coefficient (Wildman–Crippen LogP) is 1.55. The van der Waals surface area contributed by atoms with E-state index in [9.17, 15) is 19.5 Å². The fraction of sp³-hybridized carbons (Fsp3) is 0.421. The summed E-state index contributed by atoms with van der Waals surface area (Å²) in [4.78, 5) is 33.8. The lowest BCUT2D eigenvalue weighted by Crippen LogP contribution is -2.15. The fourth-order valence-corrected chi connectivity index (χ4v) is 1.87. The van der Waals surface area contributed by atoms with Gasteiger partial charge in [-0.3, -0.25) is 9.59 Å². The lowest BCUT2D eigenvalue weighted by molar-refractivity contribution is -0.151. The van der Waals surface area contributed by atoms with Gasteiger partial charge < -0.3 is 24.1 Å². The average molecular weight is 380 g/mol. The van der Waals surface area contributed by atoms with Gasteiger partial charge in [0.25, 0.3) is 0 Å². The number of carbonyl (C=O) groups excluding carboxylic acids is 3. The molecule has 0 aliphatic rings. The van der Waals surface area contributed by atoms with Crippen LogP contribution in [0.4, 0.5) is 0 Å². The summed E-state index contributed by atoms with van der Waals surface area (Å²) in [6.07, 6.45) is 1.44. The van der Waals surface area contributed by atoms with E-state index in [2.05, 4.69) is 6.58 Å². The van der Waals surface area contributed by atoms with Crippen molar-refractivity contribution in [3.8, 4) is 5.75 Å². The third-order valence-corrected chi connectivity index (χ3v) is 3.25. The summed E-state index contributed by atoms with van der Waals surface area (Å²) in [6.45, 7) is 3.94. The van der Waals surface area contributed by atoms with Gasteiger partial charge in [0.2, 0.25) is 0 Å². The molecule has 0 bridgehead atoms. The van der Waals surface area contributed by atoms with Crippen LogP contribution in [0.2, 0.25) is 0 Å². The van der Waals surface area contributed by atoms with Crippen molar-refractivity contribution in [1.29, 1.82) is 0 Å². The van der Waals surface area contributed by atoms with E-state index in [0.29, 0.717) is 6.42 Å². The molecule has 1 aromatic rings. The minimum absolute atomic E-state index is 0.0458. The SMILES string of the molecule is C=CC(=O)OCCOCCOC(=O)CCC(=O)OCCc1ccc(O)cc1. The number of ether oxygens (including phenoxy) is 4. The fourth-order valence-electron chi connectivity index (χ4n) is 1.87. The minimum atomic E-state index is -0.528. The number of hydrogen-bond acceptors (Lipinski definition) is 8. The molecule has 0 amide bonds. The number of carbonyl (C=O) groups is 3. The second-order valence-electron chi connectivity index (χ2n) is 5.34. The van der Waals surface area contributed by atoms with E-state index in [4.69, 9.17) is 18.9 Å². The number of aromatic hydroxyl groups is 1. The number of rotatable bonds is 13. The van der Waals surface area contributed by atoms with Gasteiger partial charge in [-0.2, -0.15) is 0 Å². The van der Waals surface area contributed by atoms with Gasteiger partial charge in [0, 0.05) is 12.5 Å². The summed E-state index contributed by atoms with van der Waals surface area (Å²) in [5, 5.41) is 9.18. The summed E-state index contributed by atoms with van der Waals surface area (Å²) in [7, 11) is 0. The van der Waals surface area contributed by atoms with Crippen LogP contribution in [0.1, 0.15) is 18.4 Å². The second-order valence-corrected chi connectivity index (χ2v) is 5.34. The molecule has 0 unspecified atom stereocenters. The van der Waals surface area contributed by atoms with Gasteiger partial charge in [0.15, 0.2) is 0 Å². The van der Waals surface area contributed by atoms with Crippen LogP contribution in [0.15, 0.2) is 36.9 Å². The third kappa shape index (κ3) is 11.4. The number of hydrogen-bond donors (Lipinski definition) is 1. The molecule has 0 atom stereocenters. The van der Waals surface area contributed by atoms with Crippen molar-refractivity contribution in [3.63, 3.8) is 0 Å². The predicted molar refractivity (Wildman–Crippen MR) is 94.9 cm³/mol. The summed E-state index contributed by atoms with van der Waals surface area (Å²) in [5.41, 5.74) is 0.930. The van der Waals surface area contributed by atoms with Crippen LogP contribution in [0, 0.1) is 0 Å². The molecule has 0 aromatic heterocycles. The van der Waals surface area contributed by atoms with Crippen LogP contribution in [0.3, 0.4) is 0 Å². The van der Waals surface area contributed by atoms with Crippen molar-refractivity contribution in [1.82, 2.24) is 0 Å². The van der Waals surface area contributed by atoms with Crippen LogP contribution < -0.4 is 0 Å². The summed E-state index contributed by atoms with van der Waals surface area (Å²) < 4.78 is 19.8. The molecule has 1 N–H and O–H groups in total. The van der Waals surface area contributed by atoms with Crippen molar-refractivity contribution in [2.45, 2.75) is 19.3 Å². The smallest absolute Gasteiger partial charge is 0.330 e. The Hall–Kier alpha value is -2.87. The van der Waals surface area contributed by atoms with Gasteiger partial charge in [-0.15, -0.1) is 0 Å². The van der Waals surface area contributed by atoms with Gasteiger partial charge in [-0.05, 0) is 17.7 Å². The molecular weight excluding hydrogens is 356 g/mol. The lowest BCUT2D eigenvalue weighted by atomic mass is 10.1. The van der Waals surface area contributed by atoms with E-state index in [1.54, 1.807) is 24.3 Å². The van der Waals surface area contributed by atoms with Gasteiger partial charge in [0.05, 0.1) is 32.7 Å². The Balaban J connectivity index is 1.99. The molecule has 0 heterocycles. The number of phenols is 1. The molecule has 1 aromatic carbocycles. The maximum absolute atomic E-state index is 11.6. The van der Waals surface area contributed by atoms with E-state index >= 15 is 0 Å². The average Bonchev–Trinajstić information content (AvgIpc) is 2.67. The maximum Gasteiger partial charge on any atom is 0.330 e. The zero-order valence-corrected chi connectivity index (χ0v) is 15.1. The van der Waals surface area contributed by atoms with Gasteiger partial charge in [-0.25, -0.2) is 4.79 Å². The maximum atomic E-state index is 11.6. The first-order valence-corrected chi connectivity index (χ1v) is 8.47. The largest absolute Gasteiger partial charge is 0.508 e. The normalized spacial score (nSPS) is 10.1. The molecule has 0 saturated heterocycles. The highest BCUT2D eigenvalue weighted by atomic mass is 16.6. The number of phenolic OH excluding ortho intramolecular Hbond substituents is 1. The first-order chi connectivity index (χ1) is 13.0. The third-order valence-electron chi connectivity index (χ3n) is 3.25. The molecule has 0 aliphatic heterocycles. The van der Waals surface area contributed by atoms with Crippen LogP contribution in [0.5, 0.6) is 5.75 Å². The van der Waals surface area contributed by atoms with Crippen LogP contribution in [-0.4, -0.2) is 56.0 Å². The lowest BCUT2D eigenvalue weighted by Gasteiger charge is -2.07. The summed E-state index contributed by atoms with van der Waals surface area (Å²) in [5.74, 6) is -1.35. The molecule has 8 heteroatoms. The van der Waals surface area contributed by atoms with Crippen LogP contribution >= 0.6 is 0 Å². The minimum Gasteiger partial charge on any atom is -0.508 e. The Bertz CT molecular complexity index is 609. The van der Waals surface area contributed by atoms with Crippen molar-refractivity contribution in [2.24, 2.45) is 0 Å². The zero-order chi connectivity index (χ0) is 19.9. The van der Waals surface area contributed by atoms with E-state index in [1.165, 1.54) is 0 Å². The molecule has 0 aliphatic carbocycles. The van der Waals surface area contributed by atoms with Crippen molar-refractivity contribution in [2.75, 3.05) is 33.0 Å². The molecule has 0 fully saturated rings. The Morgan fingerprint density at radius 2 is 1.41 bits per heavy atom. The highest BCUT2D eigenvalue weighted by Crippen LogP contribution is 2.10. The first-order valence-electron chi connectivity index (χ1n) is 8.47. The second kappa shape index (κ2) is 13.3. The van der Waals surface area contributed by atoms with Gasteiger partial charge in [0.1, 0.15) is 19.0 Å². The van der Waals surface area contributed by atoms with Crippen LogP contribution in [-0.2, 0) is 39.8 Å². The van der Waals surface area contributed by atoms with Crippen molar-refractivity contribution < 1.29 is 38.4 Å². The number of benzene rings is 1. The standard InChI is InChI=1S/C19H24O8/c1-2-17(21)26-13-11-24-12-14-27-19(23)8-7-18(22)25-10-9-15-3-5-16(20)6-4-15/h2-6,20H,1,7-14H2. The van der Waals surface area contributed by atoms with Crippen molar-refractivity contribution in [3.05, 3.63) is 42.5 Å². The zero-order valence-electron chi connectivity index (χ0n) is 15.1. The summed E-state index contributed by atoms with van der Waals surface area (Å²) in [6, 6.07) is 6.60. The molecule has 1 rings (SSSR count). The number of esters is 3. The van der Waals surface area contributed by atoms with Crippen LogP contribution in [0.25, 0.3) is 0 Å². The molecule has 27 heavy (non-hydrogen) atoms. The Morgan fingerprint density at radius 1 is 0.852 bits per heavy atom. The van der Waals surface area contributed by atoms with Crippen molar-refractivity contribution >= 4 is 17.9 Å². The van der Waals surface area contributed by atoms with Gasteiger partial charge >= 0.3 is 17.9 Å². The van der Waals surface area contributed by atoms with E-state index in [1.807, 2.05) is 0 Å². The molecule has 0 radical (unpaired) electrons. The highest BCUT2D eigenvalue weighted by molar-refractivity contribution is 5.81. The molecular formula is C19H24O8. The monoisotopic (exact) mass is 380 g/mol. The Kier molecular flexibility index (Phi) is 11.0. The van der Waals surface area contributed by atoms with E-state index < -0.39 is 17.9 Å².